The predicted octanol–water partition coefficient (Wildman–Crippen LogP) is 1.86. The Morgan fingerprint density at radius 2 is 1.88 bits per heavy atom. The Balaban J connectivity index is 1.65. The molecule has 0 bridgehead atoms. The number of nitrogens with one attached hydrogen (secondary N) is 2. The molecule has 124 valence electrons. The molecule has 0 aliphatic carbocycles. The summed E-state index contributed by atoms with van der Waals surface area (Å²) in [5, 5.41) is 4.47. The van der Waals surface area contributed by atoms with E-state index in [2.05, 4.69) is 5.32 Å². The lowest BCUT2D eigenvalue weighted by Crippen LogP contribution is -2.41. The SMILES string of the molecule is O=C(COC(=O)/C=C/c1ccccc1)NC(=O)NCc1ccco1. The minimum Gasteiger partial charge on any atom is -0.467 e. The third-order valence-electron chi connectivity index (χ3n) is 2.81. The maximum absolute atomic E-state index is 11.5. The highest BCUT2D eigenvalue weighted by Crippen LogP contribution is 2.01. The van der Waals surface area contributed by atoms with Crippen molar-refractivity contribution in [2.24, 2.45) is 0 Å². The summed E-state index contributed by atoms with van der Waals surface area (Å²) in [6, 6.07) is 11.8. The van der Waals surface area contributed by atoms with Gasteiger partial charge in [-0.2, -0.15) is 0 Å². The van der Waals surface area contributed by atoms with Crippen LogP contribution in [0.4, 0.5) is 4.79 Å². The zero-order valence-corrected chi connectivity index (χ0v) is 12.7. The van der Waals surface area contributed by atoms with Crippen LogP contribution in [0.25, 0.3) is 6.08 Å². The Morgan fingerprint density at radius 3 is 2.58 bits per heavy atom. The van der Waals surface area contributed by atoms with E-state index in [1.54, 1.807) is 18.2 Å². The van der Waals surface area contributed by atoms with Crippen molar-refractivity contribution < 1.29 is 23.5 Å². The van der Waals surface area contributed by atoms with Gasteiger partial charge in [-0.1, -0.05) is 30.3 Å². The molecule has 0 radical (unpaired) electrons. The molecule has 0 saturated carbocycles. The molecular weight excluding hydrogens is 312 g/mol. The first kappa shape index (κ1) is 17.0. The fourth-order valence-electron chi connectivity index (χ4n) is 1.70. The van der Waals surface area contributed by atoms with Gasteiger partial charge in [-0.3, -0.25) is 10.1 Å². The van der Waals surface area contributed by atoms with Crippen molar-refractivity contribution >= 4 is 24.0 Å². The summed E-state index contributed by atoms with van der Waals surface area (Å²) < 4.78 is 9.77. The number of benzene rings is 1. The summed E-state index contributed by atoms with van der Waals surface area (Å²) in [7, 11) is 0. The Hall–Kier alpha value is -3.35. The van der Waals surface area contributed by atoms with Gasteiger partial charge in [-0.25, -0.2) is 9.59 Å². The minimum absolute atomic E-state index is 0.145. The summed E-state index contributed by atoms with van der Waals surface area (Å²) >= 11 is 0. The van der Waals surface area contributed by atoms with Crippen molar-refractivity contribution in [3.63, 3.8) is 0 Å². The topological polar surface area (TPSA) is 97.6 Å². The molecule has 0 atom stereocenters. The Bertz CT molecular complexity index is 708. The van der Waals surface area contributed by atoms with Crippen molar-refractivity contribution in [3.8, 4) is 0 Å². The third kappa shape index (κ3) is 6.18. The van der Waals surface area contributed by atoms with Gasteiger partial charge in [0.2, 0.25) is 0 Å². The maximum Gasteiger partial charge on any atom is 0.331 e. The van der Waals surface area contributed by atoms with Gasteiger partial charge < -0.3 is 14.5 Å². The molecule has 7 heteroatoms. The highest BCUT2D eigenvalue weighted by atomic mass is 16.5. The van der Waals surface area contributed by atoms with Gasteiger partial charge >= 0.3 is 12.0 Å². The van der Waals surface area contributed by atoms with Crippen LogP contribution in [0.15, 0.2) is 59.2 Å². The molecule has 0 unspecified atom stereocenters. The number of rotatable bonds is 6. The van der Waals surface area contributed by atoms with E-state index in [0.717, 1.165) is 5.56 Å². The molecule has 0 fully saturated rings. The third-order valence-corrected chi connectivity index (χ3v) is 2.81. The zero-order valence-electron chi connectivity index (χ0n) is 12.7. The van der Waals surface area contributed by atoms with Crippen LogP contribution in [0.5, 0.6) is 0 Å². The first-order valence-corrected chi connectivity index (χ1v) is 7.13. The number of esters is 1. The monoisotopic (exact) mass is 328 g/mol. The molecule has 2 N–H and O–H groups in total. The number of hydrogen-bond donors (Lipinski definition) is 2. The van der Waals surface area contributed by atoms with Gasteiger partial charge in [-0.15, -0.1) is 0 Å². The van der Waals surface area contributed by atoms with Crippen LogP contribution in [0, 0.1) is 0 Å². The molecule has 1 aromatic heterocycles. The minimum atomic E-state index is -0.728. The molecule has 0 saturated heterocycles. The van der Waals surface area contributed by atoms with Crippen LogP contribution in [0.3, 0.4) is 0 Å². The summed E-state index contributed by atoms with van der Waals surface area (Å²) in [5.74, 6) is -0.853. The van der Waals surface area contributed by atoms with Gasteiger partial charge in [0.15, 0.2) is 6.61 Å². The van der Waals surface area contributed by atoms with Crippen LogP contribution >= 0.6 is 0 Å². The molecule has 24 heavy (non-hydrogen) atoms. The van der Waals surface area contributed by atoms with Crippen molar-refractivity contribution in [2.75, 3.05) is 6.61 Å². The van der Waals surface area contributed by atoms with E-state index < -0.39 is 24.5 Å². The van der Waals surface area contributed by atoms with Gasteiger partial charge in [0.1, 0.15) is 5.76 Å². The highest BCUT2D eigenvalue weighted by molar-refractivity contribution is 5.96. The largest absolute Gasteiger partial charge is 0.467 e. The normalized spacial score (nSPS) is 10.3. The molecule has 2 rings (SSSR count). The van der Waals surface area contributed by atoms with Crippen LogP contribution in [0.1, 0.15) is 11.3 Å². The Labute approximate surface area is 138 Å². The number of carbonyl (C=O) groups is 3. The number of ether oxygens (including phenoxy) is 1. The van der Waals surface area contributed by atoms with E-state index in [4.69, 9.17) is 9.15 Å². The quantitative estimate of drug-likeness (QED) is 0.623. The lowest BCUT2D eigenvalue weighted by Gasteiger charge is -2.05. The lowest BCUT2D eigenvalue weighted by molar-refractivity contribution is -0.143. The number of carbonyl (C=O) groups excluding carboxylic acids is 3. The van der Waals surface area contributed by atoms with E-state index in [1.165, 1.54) is 12.3 Å². The van der Waals surface area contributed by atoms with Crippen molar-refractivity contribution in [1.82, 2.24) is 10.6 Å². The van der Waals surface area contributed by atoms with E-state index in [1.807, 2.05) is 35.6 Å². The maximum atomic E-state index is 11.5. The average Bonchev–Trinajstić information content (AvgIpc) is 3.11. The summed E-state index contributed by atoms with van der Waals surface area (Å²) in [6.45, 7) is -0.405. The predicted molar refractivity (Wildman–Crippen MR) is 85.5 cm³/mol. The van der Waals surface area contributed by atoms with Crippen molar-refractivity contribution in [3.05, 3.63) is 66.1 Å². The molecule has 1 aromatic carbocycles. The molecule has 0 aliphatic rings. The standard InChI is InChI=1S/C17H16N2O5/c20-15(19-17(22)18-11-14-7-4-10-23-14)12-24-16(21)9-8-13-5-2-1-3-6-13/h1-10H,11-12H2,(H2,18,19,20,22)/b9-8+. The van der Waals surface area contributed by atoms with Crippen molar-refractivity contribution in [1.29, 1.82) is 0 Å². The first-order chi connectivity index (χ1) is 11.6. The number of amides is 3. The van der Waals surface area contributed by atoms with Crippen molar-refractivity contribution in [2.45, 2.75) is 6.54 Å². The van der Waals surface area contributed by atoms with Crippen LogP contribution < -0.4 is 10.6 Å². The van der Waals surface area contributed by atoms with Crippen LogP contribution in [-0.4, -0.2) is 24.5 Å². The van der Waals surface area contributed by atoms with Gasteiger partial charge in [-0.05, 0) is 23.8 Å². The second-order valence-corrected chi connectivity index (χ2v) is 4.66. The van der Waals surface area contributed by atoms with E-state index >= 15 is 0 Å². The molecule has 1 heterocycles. The van der Waals surface area contributed by atoms with Gasteiger partial charge in [0.25, 0.3) is 5.91 Å². The highest BCUT2D eigenvalue weighted by Gasteiger charge is 2.09. The molecule has 3 amide bonds. The van der Waals surface area contributed by atoms with E-state index in [9.17, 15) is 14.4 Å². The second kappa shape index (κ2) is 8.94. The zero-order chi connectivity index (χ0) is 17.2. The Kier molecular flexibility index (Phi) is 6.34. The Morgan fingerprint density at radius 1 is 1.08 bits per heavy atom. The molecule has 2 aromatic rings. The molecular formula is C17H16N2O5. The number of imide groups is 1. The summed E-state index contributed by atoms with van der Waals surface area (Å²) in [5.41, 5.74) is 0.830. The molecule has 0 aliphatic heterocycles. The molecule has 0 spiro atoms. The number of urea groups is 1. The van der Waals surface area contributed by atoms with Gasteiger partial charge in [0.05, 0.1) is 12.8 Å². The smallest absolute Gasteiger partial charge is 0.331 e. The van der Waals surface area contributed by atoms with Gasteiger partial charge in [0, 0.05) is 6.08 Å². The van der Waals surface area contributed by atoms with Crippen LogP contribution in [-0.2, 0) is 20.9 Å². The van der Waals surface area contributed by atoms with Crippen LogP contribution in [0.2, 0.25) is 0 Å². The van der Waals surface area contributed by atoms with E-state index in [0.29, 0.717) is 5.76 Å². The average molecular weight is 328 g/mol. The number of furan rings is 1. The molecule has 7 nitrogen and oxygen atoms in total. The van der Waals surface area contributed by atoms with E-state index in [-0.39, 0.29) is 6.54 Å². The summed E-state index contributed by atoms with van der Waals surface area (Å²) in [4.78, 5) is 34.4. The summed E-state index contributed by atoms with van der Waals surface area (Å²) in [6.07, 6.45) is 4.25. The number of hydrogen-bond acceptors (Lipinski definition) is 5. The first-order valence-electron chi connectivity index (χ1n) is 7.13. The second-order valence-electron chi connectivity index (χ2n) is 4.66. The lowest BCUT2D eigenvalue weighted by atomic mass is 10.2. The fourth-order valence-corrected chi connectivity index (χ4v) is 1.70. The fraction of sp³-hybridized carbons (Fsp3) is 0.118.